The zero-order valence-electron chi connectivity index (χ0n) is 13.7. The molecule has 0 saturated heterocycles. The fourth-order valence-corrected chi connectivity index (χ4v) is 3.11. The number of hydrogen-bond donors (Lipinski definition) is 2. The molecule has 0 aromatic heterocycles. The third-order valence-corrected chi connectivity index (χ3v) is 4.92. The minimum absolute atomic E-state index is 0.101. The number of hydrazone groups is 1. The van der Waals surface area contributed by atoms with E-state index in [9.17, 15) is 13.2 Å². The first-order chi connectivity index (χ1) is 12.3. The van der Waals surface area contributed by atoms with Crippen LogP contribution < -0.4 is 10.1 Å². The number of sulfonamides is 1. The lowest BCUT2D eigenvalue weighted by molar-refractivity contribution is -0.120. The summed E-state index contributed by atoms with van der Waals surface area (Å²) in [5, 5.41) is 12.8. The maximum absolute atomic E-state index is 12.3. The highest BCUT2D eigenvalue weighted by Gasteiger charge is 2.14. The van der Waals surface area contributed by atoms with E-state index in [1.165, 1.54) is 24.3 Å². The number of amides is 1. The fourth-order valence-electron chi connectivity index (χ4n) is 1.93. The standard InChI is InChI=1S/C17H15ClN4O3S/c1-12(20-21-17(23)10-11-19)13-2-6-15(7-3-13)22-26(24,25)16-8-4-14(18)5-9-16/h2-9,22H,10H2,1H3,(H,21,23)/b20-12+. The molecule has 0 spiro atoms. The van der Waals surface area contributed by atoms with Gasteiger partial charge in [0.25, 0.3) is 15.9 Å². The third-order valence-electron chi connectivity index (χ3n) is 3.27. The van der Waals surface area contributed by atoms with E-state index >= 15 is 0 Å². The van der Waals surface area contributed by atoms with Crippen molar-refractivity contribution in [3.05, 3.63) is 59.1 Å². The molecule has 0 aliphatic rings. The van der Waals surface area contributed by atoms with Crippen LogP contribution in [-0.4, -0.2) is 20.0 Å². The molecule has 7 nitrogen and oxygen atoms in total. The van der Waals surface area contributed by atoms with Crippen molar-refractivity contribution >= 4 is 38.9 Å². The van der Waals surface area contributed by atoms with Crippen molar-refractivity contribution < 1.29 is 13.2 Å². The molecule has 0 aliphatic heterocycles. The minimum atomic E-state index is -3.72. The van der Waals surface area contributed by atoms with Crippen molar-refractivity contribution in [3.63, 3.8) is 0 Å². The number of halogens is 1. The van der Waals surface area contributed by atoms with Gasteiger partial charge in [-0.15, -0.1) is 0 Å². The summed E-state index contributed by atoms with van der Waals surface area (Å²) >= 11 is 5.76. The van der Waals surface area contributed by atoms with Crippen LogP contribution in [-0.2, 0) is 14.8 Å². The number of benzene rings is 2. The molecule has 134 valence electrons. The van der Waals surface area contributed by atoms with Gasteiger partial charge < -0.3 is 0 Å². The van der Waals surface area contributed by atoms with Crippen molar-refractivity contribution in [2.75, 3.05) is 4.72 Å². The fraction of sp³-hybridized carbons (Fsp3) is 0.118. The first-order valence-electron chi connectivity index (χ1n) is 7.41. The Morgan fingerprint density at radius 1 is 1.15 bits per heavy atom. The number of carbonyl (C=O) groups is 1. The van der Waals surface area contributed by atoms with Crippen LogP contribution in [0.2, 0.25) is 5.02 Å². The van der Waals surface area contributed by atoms with Crippen LogP contribution in [0.3, 0.4) is 0 Å². The summed E-state index contributed by atoms with van der Waals surface area (Å²) in [6.45, 7) is 1.68. The number of anilines is 1. The van der Waals surface area contributed by atoms with Gasteiger partial charge in [0, 0.05) is 10.7 Å². The van der Waals surface area contributed by atoms with Gasteiger partial charge in [0.2, 0.25) is 0 Å². The Labute approximate surface area is 156 Å². The lowest BCUT2D eigenvalue weighted by Gasteiger charge is -2.09. The van der Waals surface area contributed by atoms with E-state index in [1.807, 2.05) is 0 Å². The Bertz CT molecular complexity index is 963. The molecule has 2 rings (SSSR count). The SMILES string of the molecule is C/C(=N\NC(=O)CC#N)c1ccc(NS(=O)(=O)c2ccc(Cl)cc2)cc1. The van der Waals surface area contributed by atoms with Crippen LogP contribution in [0, 0.1) is 11.3 Å². The maximum Gasteiger partial charge on any atom is 0.261 e. The van der Waals surface area contributed by atoms with E-state index in [-0.39, 0.29) is 11.3 Å². The number of carbonyl (C=O) groups excluding carboxylic acids is 1. The number of nitrogens with one attached hydrogen (secondary N) is 2. The largest absolute Gasteiger partial charge is 0.280 e. The molecular formula is C17H15ClN4O3S. The van der Waals surface area contributed by atoms with Gasteiger partial charge in [-0.1, -0.05) is 23.7 Å². The highest BCUT2D eigenvalue weighted by Crippen LogP contribution is 2.18. The molecule has 0 fully saturated rings. The van der Waals surface area contributed by atoms with E-state index in [1.54, 1.807) is 37.3 Å². The molecule has 26 heavy (non-hydrogen) atoms. The average Bonchev–Trinajstić information content (AvgIpc) is 2.60. The number of rotatable bonds is 6. The molecular weight excluding hydrogens is 376 g/mol. The van der Waals surface area contributed by atoms with E-state index in [4.69, 9.17) is 16.9 Å². The van der Waals surface area contributed by atoms with Crippen LogP contribution in [0.15, 0.2) is 58.5 Å². The van der Waals surface area contributed by atoms with Crippen LogP contribution in [0.4, 0.5) is 5.69 Å². The molecule has 2 aromatic rings. The Kier molecular flexibility index (Phi) is 6.33. The van der Waals surface area contributed by atoms with Gasteiger partial charge in [-0.05, 0) is 48.9 Å². The van der Waals surface area contributed by atoms with Gasteiger partial charge >= 0.3 is 0 Å². The van der Waals surface area contributed by atoms with E-state index in [0.717, 1.165) is 0 Å². The van der Waals surface area contributed by atoms with Crippen LogP contribution in [0.25, 0.3) is 0 Å². The van der Waals surface area contributed by atoms with Gasteiger partial charge in [0.1, 0.15) is 6.42 Å². The summed E-state index contributed by atoms with van der Waals surface area (Å²) in [7, 11) is -3.72. The maximum atomic E-state index is 12.3. The van der Waals surface area contributed by atoms with Crippen molar-refractivity contribution in [2.24, 2.45) is 5.10 Å². The van der Waals surface area contributed by atoms with Crippen molar-refractivity contribution in [1.82, 2.24) is 5.43 Å². The predicted octanol–water partition coefficient (Wildman–Crippen LogP) is 2.89. The van der Waals surface area contributed by atoms with Gasteiger partial charge in [-0.25, -0.2) is 13.8 Å². The summed E-state index contributed by atoms with van der Waals surface area (Å²) in [6, 6.07) is 14.0. The Balaban J connectivity index is 2.09. The van der Waals surface area contributed by atoms with Crippen molar-refractivity contribution in [3.8, 4) is 6.07 Å². The van der Waals surface area contributed by atoms with Crippen LogP contribution in [0.5, 0.6) is 0 Å². The highest BCUT2D eigenvalue weighted by atomic mass is 35.5. The molecule has 0 atom stereocenters. The smallest absolute Gasteiger partial charge is 0.261 e. The van der Waals surface area contributed by atoms with E-state index < -0.39 is 15.9 Å². The Morgan fingerprint density at radius 2 is 1.77 bits per heavy atom. The molecule has 0 radical (unpaired) electrons. The number of nitriles is 1. The summed E-state index contributed by atoms with van der Waals surface area (Å²) in [4.78, 5) is 11.3. The van der Waals surface area contributed by atoms with Gasteiger partial charge in [-0.3, -0.25) is 9.52 Å². The average molecular weight is 391 g/mol. The first-order valence-corrected chi connectivity index (χ1v) is 9.27. The van der Waals surface area contributed by atoms with E-state index in [0.29, 0.717) is 22.0 Å². The highest BCUT2D eigenvalue weighted by molar-refractivity contribution is 7.92. The summed E-state index contributed by atoms with van der Waals surface area (Å²) in [6.07, 6.45) is -0.276. The second-order valence-electron chi connectivity index (χ2n) is 5.20. The summed E-state index contributed by atoms with van der Waals surface area (Å²) in [5.74, 6) is -0.501. The zero-order chi connectivity index (χ0) is 19.2. The predicted molar refractivity (Wildman–Crippen MR) is 99.3 cm³/mol. The van der Waals surface area contributed by atoms with Gasteiger partial charge in [0.05, 0.1) is 16.7 Å². The molecule has 2 N–H and O–H groups in total. The Hall–Kier alpha value is -2.89. The topological polar surface area (TPSA) is 111 Å². The van der Waals surface area contributed by atoms with Gasteiger partial charge in [0.15, 0.2) is 0 Å². The lowest BCUT2D eigenvalue weighted by Crippen LogP contribution is -2.18. The first kappa shape index (κ1) is 19.4. The normalized spacial score (nSPS) is 11.5. The summed E-state index contributed by atoms with van der Waals surface area (Å²) < 4.78 is 27.1. The third kappa shape index (κ3) is 5.31. The molecule has 9 heteroatoms. The van der Waals surface area contributed by atoms with Crippen LogP contribution in [0.1, 0.15) is 18.9 Å². The Morgan fingerprint density at radius 3 is 2.35 bits per heavy atom. The van der Waals surface area contributed by atoms with E-state index in [2.05, 4.69) is 15.2 Å². The quantitative estimate of drug-likeness (QED) is 0.583. The molecule has 0 unspecified atom stereocenters. The molecule has 0 heterocycles. The molecule has 0 aliphatic carbocycles. The minimum Gasteiger partial charge on any atom is -0.280 e. The monoisotopic (exact) mass is 390 g/mol. The van der Waals surface area contributed by atoms with Gasteiger partial charge in [-0.2, -0.15) is 10.4 Å². The number of hydrogen-bond acceptors (Lipinski definition) is 5. The molecule has 1 amide bonds. The molecule has 2 aromatic carbocycles. The lowest BCUT2D eigenvalue weighted by atomic mass is 10.1. The van der Waals surface area contributed by atoms with Crippen LogP contribution >= 0.6 is 11.6 Å². The second-order valence-corrected chi connectivity index (χ2v) is 7.32. The zero-order valence-corrected chi connectivity index (χ0v) is 15.3. The summed E-state index contributed by atoms with van der Waals surface area (Å²) in [5.41, 5.74) is 3.85. The number of nitrogens with zero attached hydrogens (tertiary/aromatic N) is 2. The molecule has 0 saturated carbocycles. The second kappa shape index (κ2) is 8.47. The van der Waals surface area contributed by atoms with Crippen molar-refractivity contribution in [2.45, 2.75) is 18.2 Å². The van der Waals surface area contributed by atoms with Crippen molar-refractivity contribution in [1.29, 1.82) is 5.26 Å². The molecule has 0 bridgehead atoms.